The molecular formula is C28H46N6O6. The molecule has 1 aromatic rings. The first-order valence-electron chi connectivity index (χ1n) is 13.6. The second-order valence-corrected chi connectivity index (χ2v) is 10.7. The van der Waals surface area contributed by atoms with Gasteiger partial charge in [0.2, 0.25) is 17.7 Å². The Morgan fingerprint density at radius 2 is 1.50 bits per heavy atom. The summed E-state index contributed by atoms with van der Waals surface area (Å²) in [6.45, 7) is 14.4. The van der Waals surface area contributed by atoms with Crippen LogP contribution in [-0.4, -0.2) is 66.9 Å². The van der Waals surface area contributed by atoms with E-state index in [1.54, 1.807) is 46.8 Å². The first-order chi connectivity index (χ1) is 18.7. The molecule has 7 N–H and O–H groups in total. The zero-order valence-corrected chi connectivity index (χ0v) is 24.8. The molecule has 0 unspecified atom stereocenters. The third kappa shape index (κ3) is 11.3. The topological polar surface area (TPSA) is 181 Å². The Hall–Kier alpha value is -3.51. The van der Waals surface area contributed by atoms with Crippen molar-refractivity contribution in [1.82, 2.24) is 21.3 Å². The average Bonchev–Trinajstić information content (AvgIpc) is 2.88. The molecule has 0 bridgehead atoms. The van der Waals surface area contributed by atoms with Crippen molar-refractivity contribution in [3.8, 4) is 0 Å². The lowest BCUT2D eigenvalue weighted by Gasteiger charge is -2.26. The summed E-state index contributed by atoms with van der Waals surface area (Å²) < 4.78 is 5.28. The minimum atomic E-state index is -0.946. The lowest BCUT2D eigenvalue weighted by molar-refractivity contribution is -0.148. The standard InChI is InChI=1S/C28H46N6O6/c1-15(2)23(34-25(36)18(7)31-17(5)6)27(38)32-19(8)24(35)33-21-10-9-20(14-40-28(39)16(3)4)22(13-21)26(37)30-12-11-29/h9-10,13,15-19,23,31H,11-12,14,29H2,1-8H3,(H,30,37)(H,32,38)(H,33,35)(H,34,36)/t18-,19-,23-/m0/s1. The van der Waals surface area contributed by atoms with Crippen molar-refractivity contribution in [1.29, 1.82) is 0 Å². The predicted octanol–water partition coefficient (Wildman–Crippen LogP) is 1.04. The van der Waals surface area contributed by atoms with E-state index in [0.717, 1.165) is 0 Å². The van der Waals surface area contributed by atoms with Crippen LogP contribution in [-0.2, 0) is 30.5 Å². The van der Waals surface area contributed by atoms with Crippen molar-refractivity contribution in [2.75, 3.05) is 18.4 Å². The van der Waals surface area contributed by atoms with Crippen molar-refractivity contribution in [3.05, 3.63) is 29.3 Å². The van der Waals surface area contributed by atoms with Crippen LogP contribution in [0, 0.1) is 11.8 Å². The fourth-order valence-electron chi connectivity index (χ4n) is 3.60. The molecule has 1 rings (SSSR count). The molecule has 0 aliphatic rings. The first-order valence-corrected chi connectivity index (χ1v) is 13.6. The fourth-order valence-corrected chi connectivity index (χ4v) is 3.60. The van der Waals surface area contributed by atoms with Gasteiger partial charge in [-0.15, -0.1) is 0 Å². The van der Waals surface area contributed by atoms with Crippen LogP contribution in [0.15, 0.2) is 18.2 Å². The second-order valence-electron chi connectivity index (χ2n) is 10.7. The summed E-state index contributed by atoms with van der Waals surface area (Å²) in [6, 6.07) is 2.43. The van der Waals surface area contributed by atoms with Gasteiger partial charge in [0.15, 0.2) is 0 Å². The molecular weight excluding hydrogens is 516 g/mol. The van der Waals surface area contributed by atoms with Crippen LogP contribution in [0.1, 0.15) is 71.3 Å². The monoisotopic (exact) mass is 562 g/mol. The van der Waals surface area contributed by atoms with Gasteiger partial charge in [-0.05, 0) is 31.9 Å². The summed E-state index contributed by atoms with van der Waals surface area (Å²) in [5.41, 5.74) is 6.47. The summed E-state index contributed by atoms with van der Waals surface area (Å²) in [7, 11) is 0. The molecule has 0 radical (unpaired) electrons. The van der Waals surface area contributed by atoms with Crippen molar-refractivity contribution in [2.45, 2.75) is 86.2 Å². The van der Waals surface area contributed by atoms with Crippen molar-refractivity contribution in [2.24, 2.45) is 17.6 Å². The predicted molar refractivity (Wildman–Crippen MR) is 153 cm³/mol. The Bertz CT molecular complexity index is 1040. The van der Waals surface area contributed by atoms with Gasteiger partial charge in [-0.3, -0.25) is 24.0 Å². The number of ether oxygens (including phenoxy) is 1. The highest BCUT2D eigenvalue weighted by Crippen LogP contribution is 2.18. The van der Waals surface area contributed by atoms with E-state index in [1.807, 2.05) is 13.8 Å². The van der Waals surface area contributed by atoms with Crippen LogP contribution in [0.25, 0.3) is 0 Å². The van der Waals surface area contributed by atoms with Crippen molar-refractivity contribution >= 4 is 35.3 Å². The Kier molecular flexibility index (Phi) is 14.3. The number of nitrogens with two attached hydrogens (primary N) is 1. The number of hydrogen-bond acceptors (Lipinski definition) is 8. The third-order valence-electron chi connectivity index (χ3n) is 5.87. The van der Waals surface area contributed by atoms with Gasteiger partial charge >= 0.3 is 5.97 Å². The summed E-state index contributed by atoms with van der Waals surface area (Å²) >= 11 is 0. The fraction of sp³-hybridized carbons (Fsp3) is 0.607. The zero-order valence-electron chi connectivity index (χ0n) is 24.8. The van der Waals surface area contributed by atoms with Gasteiger partial charge in [0, 0.05) is 35.9 Å². The van der Waals surface area contributed by atoms with Gasteiger partial charge in [0.25, 0.3) is 5.91 Å². The van der Waals surface area contributed by atoms with Crippen LogP contribution in [0.3, 0.4) is 0 Å². The molecule has 12 heteroatoms. The van der Waals surface area contributed by atoms with E-state index in [2.05, 4.69) is 26.6 Å². The zero-order chi connectivity index (χ0) is 30.6. The highest BCUT2D eigenvalue weighted by molar-refractivity contribution is 6.01. The van der Waals surface area contributed by atoms with E-state index in [9.17, 15) is 24.0 Å². The summed E-state index contributed by atoms with van der Waals surface area (Å²) in [5.74, 6) is -2.73. The van der Waals surface area contributed by atoms with Crippen molar-refractivity contribution in [3.63, 3.8) is 0 Å². The van der Waals surface area contributed by atoms with Gasteiger partial charge in [-0.1, -0.05) is 47.6 Å². The van der Waals surface area contributed by atoms with Gasteiger partial charge in [0.1, 0.15) is 18.7 Å². The van der Waals surface area contributed by atoms with Gasteiger partial charge < -0.3 is 37.1 Å². The number of anilines is 1. The van der Waals surface area contributed by atoms with E-state index in [-0.39, 0.29) is 49.0 Å². The Morgan fingerprint density at radius 3 is 2.05 bits per heavy atom. The van der Waals surface area contributed by atoms with Gasteiger partial charge in [-0.2, -0.15) is 0 Å². The number of benzene rings is 1. The molecule has 0 heterocycles. The molecule has 0 saturated carbocycles. The molecule has 0 aliphatic heterocycles. The summed E-state index contributed by atoms with van der Waals surface area (Å²) in [6.07, 6.45) is 0. The minimum Gasteiger partial charge on any atom is -0.461 e. The van der Waals surface area contributed by atoms with E-state index in [4.69, 9.17) is 10.5 Å². The lowest BCUT2D eigenvalue weighted by atomic mass is 10.0. The van der Waals surface area contributed by atoms with Crippen LogP contribution >= 0.6 is 0 Å². The maximum absolute atomic E-state index is 13.0. The molecule has 4 amide bonds. The van der Waals surface area contributed by atoms with Crippen LogP contribution in [0.5, 0.6) is 0 Å². The highest BCUT2D eigenvalue weighted by atomic mass is 16.5. The molecule has 0 aliphatic carbocycles. The molecule has 224 valence electrons. The maximum atomic E-state index is 13.0. The Balaban J connectivity index is 2.98. The van der Waals surface area contributed by atoms with Crippen LogP contribution in [0.4, 0.5) is 5.69 Å². The van der Waals surface area contributed by atoms with E-state index >= 15 is 0 Å². The number of rotatable bonds is 15. The number of esters is 1. The van der Waals surface area contributed by atoms with Crippen LogP contribution < -0.4 is 32.3 Å². The quantitative estimate of drug-likeness (QED) is 0.172. The molecule has 3 atom stereocenters. The molecule has 12 nitrogen and oxygen atoms in total. The lowest BCUT2D eigenvalue weighted by Crippen LogP contribution is -2.56. The number of hydrogen-bond donors (Lipinski definition) is 6. The SMILES string of the molecule is CC(C)N[C@@H](C)C(=O)N[C@H](C(=O)N[C@@H](C)C(=O)Nc1ccc(COC(=O)C(C)C)c(C(=O)NCCN)c1)C(C)C. The minimum absolute atomic E-state index is 0.0900. The average molecular weight is 563 g/mol. The highest BCUT2D eigenvalue weighted by Gasteiger charge is 2.28. The van der Waals surface area contributed by atoms with Crippen molar-refractivity contribution < 1.29 is 28.7 Å². The number of carbonyl (C=O) groups is 5. The molecule has 0 fully saturated rings. The molecule has 40 heavy (non-hydrogen) atoms. The van der Waals surface area contributed by atoms with E-state index in [0.29, 0.717) is 11.3 Å². The number of carbonyl (C=O) groups excluding carboxylic acids is 5. The first kappa shape index (κ1) is 34.5. The molecule has 1 aromatic carbocycles. The van der Waals surface area contributed by atoms with Crippen LogP contribution in [0.2, 0.25) is 0 Å². The molecule has 0 saturated heterocycles. The molecule has 0 spiro atoms. The number of nitrogens with one attached hydrogen (secondary N) is 5. The Morgan fingerprint density at radius 1 is 0.850 bits per heavy atom. The maximum Gasteiger partial charge on any atom is 0.308 e. The second kappa shape index (κ2) is 16.6. The summed E-state index contributed by atoms with van der Waals surface area (Å²) in [5, 5.41) is 13.9. The third-order valence-corrected chi connectivity index (χ3v) is 5.87. The largest absolute Gasteiger partial charge is 0.461 e. The van der Waals surface area contributed by atoms with E-state index < -0.39 is 41.8 Å². The molecule has 0 aromatic heterocycles. The van der Waals surface area contributed by atoms with Gasteiger partial charge in [-0.25, -0.2) is 0 Å². The number of amides is 4. The summed E-state index contributed by atoms with van der Waals surface area (Å²) in [4.78, 5) is 63.1. The normalized spacial score (nSPS) is 13.4. The smallest absolute Gasteiger partial charge is 0.308 e. The van der Waals surface area contributed by atoms with Gasteiger partial charge in [0.05, 0.1) is 12.0 Å². The Labute approximate surface area is 236 Å². The van der Waals surface area contributed by atoms with E-state index in [1.165, 1.54) is 13.0 Å².